The van der Waals surface area contributed by atoms with Gasteiger partial charge in [0.25, 0.3) is 5.69 Å². The minimum atomic E-state index is -1.03. The minimum absolute atomic E-state index is 0.0363. The van der Waals surface area contributed by atoms with Gasteiger partial charge in [-0.25, -0.2) is 0 Å². The molecule has 0 bridgehead atoms. The van der Waals surface area contributed by atoms with Crippen molar-refractivity contribution < 1.29 is 14.5 Å². The summed E-state index contributed by atoms with van der Waals surface area (Å²) in [5, 5.41) is 15.4. The number of H-pyrrole nitrogens is 1. The second kappa shape index (κ2) is 9.60. The van der Waals surface area contributed by atoms with Crippen LogP contribution < -0.4 is 22.5 Å². The summed E-state index contributed by atoms with van der Waals surface area (Å²) in [4.78, 5) is 38.8. The van der Waals surface area contributed by atoms with Gasteiger partial charge in [0.15, 0.2) is 0 Å². The molecule has 8 N–H and O–H groups in total. The lowest BCUT2D eigenvalue weighted by Gasteiger charge is -2.18. The molecule has 0 saturated heterocycles. The van der Waals surface area contributed by atoms with E-state index in [-0.39, 0.29) is 18.7 Å². The van der Waals surface area contributed by atoms with Gasteiger partial charge in [-0.3, -0.25) is 19.7 Å². The number of nitrogens with two attached hydrogens (primary N) is 3. The molecule has 0 radical (unpaired) electrons. The van der Waals surface area contributed by atoms with E-state index in [9.17, 15) is 19.7 Å². The molecule has 0 fully saturated rings. The zero-order valence-corrected chi connectivity index (χ0v) is 17.2. The molecule has 0 spiro atoms. The van der Waals surface area contributed by atoms with Crippen LogP contribution >= 0.6 is 11.8 Å². The summed E-state index contributed by atoms with van der Waals surface area (Å²) in [6.45, 7) is -0.0802. The van der Waals surface area contributed by atoms with Crippen LogP contribution in [0.4, 0.5) is 5.69 Å². The monoisotopic (exact) mass is 442 g/mol. The van der Waals surface area contributed by atoms with Crippen molar-refractivity contribution in [2.75, 3.05) is 6.54 Å². The van der Waals surface area contributed by atoms with Crippen LogP contribution in [0.1, 0.15) is 5.56 Å². The van der Waals surface area contributed by atoms with E-state index in [1.165, 1.54) is 17.8 Å². The number of hydrogen-bond donors (Lipinski definition) is 5. The molecule has 11 heteroatoms. The highest BCUT2D eigenvalue weighted by Gasteiger charge is 2.25. The zero-order chi connectivity index (χ0) is 22.5. The average molecular weight is 443 g/mol. The Bertz CT molecular complexity index is 1130. The Labute approximate surface area is 181 Å². The van der Waals surface area contributed by atoms with E-state index in [0.29, 0.717) is 15.5 Å². The number of primary amides is 1. The number of para-hydroxylation sites is 2. The van der Waals surface area contributed by atoms with Gasteiger partial charge in [0.2, 0.25) is 11.8 Å². The van der Waals surface area contributed by atoms with Gasteiger partial charge in [0.05, 0.1) is 20.9 Å². The van der Waals surface area contributed by atoms with Crippen LogP contribution in [0.25, 0.3) is 10.9 Å². The van der Waals surface area contributed by atoms with Crippen molar-refractivity contribution >= 4 is 40.2 Å². The van der Waals surface area contributed by atoms with E-state index >= 15 is 0 Å². The summed E-state index contributed by atoms with van der Waals surface area (Å²) in [6.07, 6.45) is 0.0747. The molecule has 31 heavy (non-hydrogen) atoms. The molecule has 0 aliphatic heterocycles. The first-order valence-corrected chi connectivity index (χ1v) is 10.2. The molecule has 1 heterocycles. The van der Waals surface area contributed by atoms with Crippen molar-refractivity contribution in [3.05, 3.63) is 64.2 Å². The van der Waals surface area contributed by atoms with E-state index in [0.717, 1.165) is 10.9 Å². The molecule has 0 saturated carbocycles. The molecule has 3 rings (SSSR count). The number of amides is 2. The fourth-order valence-corrected chi connectivity index (χ4v) is 4.17. The van der Waals surface area contributed by atoms with Gasteiger partial charge in [-0.1, -0.05) is 42.1 Å². The number of aromatic nitrogens is 1. The quantitative estimate of drug-likeness (QED) is 0.242. The molecule has 2 amide bonds. The van der Waals surface area contributed by atoms with E-state index < -0.39 is 28.8 Å². The molecule has 0 aliphatic rings. The summed E-state index contributed by atoms with van der Waals surface area (Å²) >= 11 is 1.17. The Morgan fingerprint density at radius 2 is 1.84 bits per heavy atom. The van der Waals surface area contributed by atoms with Crippen molar-refractivity contribution in [2.45, 2.75) is 28.4 Å². The maximum Gasteiger partial charge on any atom is 0.283 e. The van der Waals surface area contributed by atoms with Crippen molar-refractivity contribution in [1.82, 2.24) is 10.3 Å². The van der Waals surface area contributed by atoms with Gasteiger partial charge in [-0.15, -0.1) is 0 Å². The lowest BCUT2D eigenvalue weighted by Crippen LogP contribution is -2.53. The zero-order valence-electron chi connectivity index (χ0n) is 16.4. The second-order valence-electron chi connectivity index (χ2n) is 6.82. The van der Waals surface area contributed by atoms with Crippen LogP contribution in [0, 0.1) is 10.1 Å². The number of nitrogens with zero attached hydrogens (tertiary/aromatic N) is 1. The third-order valence-electron chi connectivity index (χ3n) is 4.71. The van der Waals surface area contributed by atoms with E-state index in [2.05, 4.69) is 10.3 Å². The Hall–Kier alpha value is -3.41. The predicted molar refractivity (Wildman–Crippen MR) is 117 cm³/mol. The molecule has 0 unspecified atom stereocenters. The number of benzene rings is 2. The fraction of sp³-hybridized carbons (Fsp3) is 0.200. The van der Waals surface area contributed by atoms with Gasteiger partial charge >= 0.3 is 0 Å². The topological polar surface area (TPSA) is 183 Å². The van der Waals surface area contributed by atoms with Gasteiger partial charge in [-0.05, 0) is 17.7 Å². The van der Waals surface area contributed by atoms with E-state index in [1.807, 2.05) is 24.3 Å². The number of fused-ring (bicyclic) bond motifs is 1. The first-order chi connectivity index (χ1) is 14.8. The molecule has 1 aromatic heterocycles. The molecule has 162 valence electrons. The molecule has 2 aromatic carbocycles. The Morgan fingerprint density at radius 3 is 2.52 bits per heavy atom. The number of nitrogens with one attached hydrogen (secondary N) is 2. The lowest BCUT2D eigenvalue weighted by molar-refractivity contribution is -0.387. The maximum absolute atomic E-state index is 12.2. The van der Waals surface area contributed by atoms with Gasteiger partial charge < -0.3 is 27.5 Å². The SMILES string of the molecule is NC[C@H](N)C(=O)N[C@@H](Cc1c(Sc2ccccc2[N+](=O)[O-])[nH]c2ccccc12)C(N)=O. The van der Waals surface area contributed by atoms with Crippen molar-refractivity contribution in [1.29, 1.82) is 0 Å². The molecule has 0 aliphatic carbocycles. The second-order valence-corrected chi connectivity index (χ2v) is 7.87. The summed E-state index contributed by atoms with van der Waals surface area (Å²) < 4.78 is 0. The van der Waals surface area contributed by atoms with Gasteiger partial charge in [-0.2, -0.15) is 0 Å². The van der Waals surface area contributed by atoms with Crippen LogP contribution in [0.2, 0.25) is 0 Å². The average Bonchev–Trinajstić information content (AvgIpc) is 3.09. The highest BCUT2D eigenvalue weighted by molar-refractivity contribution is 7.99. The smallest absolute Gasteiger partial charge is 0.283 e. The summed E-state index contributed by atoms with van der Waals surface area (Å²) in [6, 6.07) is 11.8. The van der Waals surface area contributed by atoms with Crippen LogP contribution in [-0.2, 0) is 16.0 Å². The minimum Gasteiger partial charge on any atom is -0.368 e. The van der Waals surface area contributed by atoms with Crippen LogP contribution in [0.15, 0.2) is 58.5 Å². The highest BCUT2D eigenvalue weighted by Crippen LogP contribution is 2.38. The van der Waals surface area contributed by atoms with E-state index in [1.54, 1.807) is 18.2 Å². The molecule has 3 aromatic rings. The number of nitro groups is 1. The lowest BCUT2D eigenvalue weighted by atomic mass is 10.0. The molecular weight excluding hydrogens is 420 g/mol. The third kappa shape index (κ3) is 5.02. The van der Waals surface area contributed by atoms with Crippen LogP contribution in [0.3, 0.4) is 0 Å². The maximum atomic E-state index is 12.2. The third-order valence-corrected chi connectivity index (χ3v) is 5.83. The number of nitro benzene ring substituents is 1. The molecular formula is C20H22N6O4S. The summed E-state index contributed by atoms with van der Waals surface area (Å²) in [7, 11) is 0. The standard InChI is InChI=1S/C20H22N6O4S/c21-10-13(22)19(28)24-15(18(23)27)9-12-11-5-1-2-6-14(11)25-20(12)31-17-8-4-3-7-16(17)26(29)30/h1-8,13,15,25H,9-10,21-22H2,(H2,23,27)(H,24,28)/t13-,15-/m0/s1. The number of carbonyl (C=O) groups is 2. The normalized spacial score (nSPS) is 13.0. The summed E-state index contributed by atoms with van der Waals surface area (Å²) in [5.74, 6) is -1.32. The number of carbonyl (C=O) groups excluding carboxylic acids is 2. The Kier molecular flexibility index (Phi) is 6.90. The predicted octanol–water partition coefficient (Wildman–Crippen LogP) is 1.03. The van der Waals surface area contributed by atoms with Crippen LogP contribution in [-0.4, -0.2) is 40.4 Å². The van der Waals surface area contributed by atoms with E-state index in [4.69, 9.17) is 17.2 Å². The van der Waals surface area contributed by atoms with Crippen molar-refractivity contribution in [3.8, 4) is 0 Å². The van der Waals surface area contributed by atoms with Gasteiger partial charge in [0.1, 0.15) is 6.04 Å². The Morgan fingerprint density at radius 1 is 1.16 bits per heavy atom. The van der Waals surface area contributed by atoms with Gasteiger partial charge in [0, 0.05) is 29.9 Å². The first-order valence-electron chi connectivity index (χ1n) is 9.38. The van der Waals surface area contributed by atoms with Crippen molar-refractivity contribution in [3.63, 3.8) is 0 Å². The highest BCUT2D eigenvalue weighted by atomic mass is 32.2. The first kappa shape index (κ1) is 22.3. The molecule has 10 nitrogen and oxygen atoms in total. The van der Waals surface area contributed by atoms with Crippen LogP contribution in [0.5, 0.6) is 0 Å². The fourth-order valence-electron chi connectivity index (χ4n) is 3.08. The summed E-state index contributed by atoms with van der Waals surface area (Å²) in [5.41, 5.74) is 18.0. The largest absolute Gasteiger partial charge is 0.368 e. The number of aromatic amines is 1. The van der Waals surface area contributed by atoms with Crippen molar-refractivity contribution in [2.24, 2.45) is 17.2 Å². The Balaban J connectivity index is 2.00. The molecule has 2 atom stereocenters. The number of hydrogen-bond acceptors (Lipinski definition) is 7. The number of rotatable bonds is 9.